The van der Waals surface area contributed by atoms with Gasteiger partial charge in [0, 0.05) is 12.6 Å². The quantitative estimate of drug-likeness (QED) is 0.736. The van der Waals surface area contributed by atoms with Crippen LogP contribution in [0.3, 0.4) is 0 Å². The molecule has 0 saturated heterocycles. The molecule has 0 fully saturated rings. The van der Waals surface area contributed by atoms with Gasteiger partial charge in [-0.1, -0.05) is 18.2 Å². The molecule has 1 aromatic heterocycles. The standard InChI is InChI=1S/C14H13NO2/c16-10-8-12-4-6-14(7-5-12)17-11-13-3-1-2-9-15-13/h1-7,9-10H,8,11H2. The molecule has 1 aromatic carbocycles. The van der Waals surface area contributed by atoms with Crippen LogP contribution in [0.1, 0.15) is 11.3 Å². The highest BCUT2D eigenvalue weighted by atomic mass is 16.5. The van der Waals surface area contributed by atoms with Crippen molar-refractivity contribution in [3.8, 4) is 5.75 Å². The molecule has 0 saturated carbocycles. The van der Waals surface area contributed by atoms with E-state index in [4.69, 9.17) is 4.74 Å². The van der Waals surface area contributed by atoms with E-state index in [1.807, 2.05) is 42.5 Å². The van der Waals surface area contributed by atoms with Crippen molar-refractivity contribution in [2.75, 3.05) is 0 Å². The Kier molecular flexibility index (Phi) is 3.86. The van der Waals surface area contributed by atoms with Gasteiger partial charge in [0.25, 0.3) is 0 Å². The van der Waals surface area contributed by atoms with Crippen molar-refractivity contribution in [2.45, 2.75) is 13.0 Å². The van der Waals surface area contributed by atoms with E-state index in [2.05, 4.69) is 4.98 Å². The van der Waals surface area contributed by atoms with Crippen molar-refractivity contribution >= 4 is 6.29 Å². The maximum atomic E-state index is 10.3. The van der Waals surface area contributed by atoms with E-state index >= 15 is 0 Å². The number of pyridine rings is 1. The first-order valence-corrected chi connectivity index (χ1v) is 5.44. The molecule has 2 rings (SSSR count). The fraction of sp³-hybridized carbons (Fsp3) is 0.143. The van der Waals surface area contributed by atoms with Gasteiger partial charge in [0.05, 0.1) is 5.69 Å². The first kappa shape index (κ1) is 11.3. The summed E-state index contributed by atoms with van der Waals surface area (Å²) in [5.74, 6) is 0.783. The smallest absolute Gasteiger partial charge is 0.130 e. The van der Waals surface area contributed by atoms with Gasteiger partial charge in [-0.05, 0) is 29.8 Å². The molecule has 0 atom stereocenters. The minimum absolute atomic E-state index is 0.445. The minimum atomic E-state index is 0.445. The maximum Gasteiger partial charge on any atom is 0.130 e. The summed E-state index contributed by atoms with van der Waals surface area (Å²) in [4.78, 5) is 14.5. The Morgan fingerprint density at radius 3 is 2.59 bits per heavy atom. The number of aromatic nitrogens is 1. The zero-order valence-corrected chi connectivity index (χ0v) is 9.37. The van der Waals surface area contributed by atoms with Gasteiger partial charge in [-0.2, -0.15) is 0 Å². The Morgan fingerprint density at radius 1 is 1.12 bits per heavy atom. The van der Waals surface area contributed by atoms with Gasteiger partial charge in [-0.15, -0.1) is 0 Å². The molecular formula is C14H13NO2. The molecule has 2 aromatic rings. The second kappa shape index (κ2) is 5.80. The fourth-order valence-electron chi connectivity index (χ4n) is 1.46. The zero-order valence-electron chi connectivity index (χ0n) is 9.37. The van der Waals surface area contributed by atoms with Gasteiger partial charge in [-0.25, -0.2) is 0 Å². The molecule has 0 aliphatic rings. The van der Waals surface area contributed by atoms with Crippen LogP contribution in [0.4, 0.5) is 0 Å². The predicted molar refractivity (Wildman–Crippen MR) is 64.8 cm³/mol. The second-order valence-corrected chi connectivity index (χ2v) is 3.62. The summed E-state index contributed by atoms with van der Waals surface area (Å²) in [6.07, 6.45) is 3.08. The van der Waals surface area contributed by atoms with Crippen LogP contribution in [-0.2, 0) is 17.8 Å². The molecule has 3 heteroatoms. The SMILES string of the molecule is O=CCc1ccc(OCc2ccccn2)cc1. The van der Waals surface area contributed by atoms with Gasteiger partial charge in [0.1, 0.15) is 18.6 Å². The zero-order chi connectivity index (χ0) is 11.9. The number of nitrogens with zero attached hydrogens (tertiary/aromatic N) is 1. The molecule has 0 amide bonds. The van der Waals surface area contributed by atoms with Gasteiger partial charge >= 0.3 is 0 Å². The average Bonchev–Trinajstić information content (AvgIpc) is 2.40. The maximum absolute atomic E-state index is 10.3. The lowest BCUT2D eigenvalue weighted by atomic mass is 10.2. The summed E-state index contributed by atoms with van der Waals surface area (Å²) in [7, 11) is 0. The molecule has 0 unspecified atom stereocenters. The van der Waals surface area contributed by atoms with Crippen LogP contribution in [0, 0.1) is 0 Å². The number of hydrogen-bond donors (Lipinski definition) is 0. The third-order valence-corrected chi connectivity index (χ3v) is 2.36. The van der Waals surface area contributed by atoms with Gasteiger partial charge in [0.2, 0.25) is 0 Å². The van der Waals surface area contributed by atoms with Gasteiger partial charge < -0.3 is 9.53 Å². The number of ether oxygens (including phenoxy) is 1. The number of rotatable bonds is 5. The van der Waals surface area contributed by atoms with Crippen LogP contribution in [0.25, 0.3) is 0 Å². The van der Waals surface area contributed by atoms with E-state index in [1.165, 1.54) is 0 Å². The van der Waals surface area contributed by atoms with Crippen molar-refractivity contribution in [3.05, 3.63) is 59.9 Å². The number of benzene rings is 1. The van der Waals surface area contributed by atoms with E-state index < -0.39 is 0 Å². The summed E-state index contributed by atoms with van der Waals surface area (Å²) in [5, 5.41) is 0. The molecule has 0 N–H and O–H groups in total. The molecule has 17 heavy (non-hydrogen) atoms. The molecule has 0 radical (unpaired) electrons. The third kappa shape index (κ3) is 3.41. The molecule has 1 heterocycles. The molecule has 0 bridgehead atoms. The second-order valence-electron chi connectivity index (χ2n) is 3.62. The lowest BCUT2D eigenvalue weighted by molar-refractivity contribution is -0.107. The highest BCUT2D eigenvalue weighted by Crippen LogP contribution is 2.13. The number of carbonyl (C=O) groups is 1. The van der Waals surface area contributed by atoms with E-state index in [9.17, 15) is 4.79 Å². The molecule has 3 nitrogen and oxygen atoms in total. The summed E-state index contributed by atoms with van der Waals surface area (Å²) >= 11 is 0. The highest BCUT2D eigenvalue weighted by Gasteiger charge is 1.97. The Balaban J connectivity index is 1.93. The first-order valence-electron chi connectivity index (χ1n) is 5.44. The number of hydrogen-bond acceptors (Lipinski definition) is 3. The van der Waals surface area contributed by atoms with Crippen molar-refractivity contribution < 1.29 is 9.53 Å². The topological polar surface area (TPSA) is 39.2 Å². The van der Waals surface area contributed by atoms with Crippen molar-refractivity contribution in [3.63, 3.8) is 0 Å². The molecule has 0 aliphatic carbocycles. The van der Waals surface area contributed by atoms with Crippen LogP contribution in [0.2, 0.25) is 0 Å². The fourth-order valence-corrected chi connectivity index (χ4v) is 1.46. The Hall–Kier alpha value is -2.16. The normalized spacial score (nSPS) is 9.88. The van der Waals surface area contributed by atoms with Gasteiger partial charge in [-0.3, -0.25) is 4.98 Å². The lowest BCUT2D eigenvalue weighted by Gasteiger charge is -2.05. The Labute approximate surface area is 100 Å². The number of aldehydes is 1. The van der Waals surface area contributed by atoms with E-state index in [-0.39, 0.29) is 0 Å². The predicted octanol–water partition coefficient (Wildman–Crippen LogP) is 2.40. The Bertz CT molecular complexity index is 465. The van der Waals surface area contributed by atoms with Crippen molar-refractivity contribution in [1.29, 1.82) is 0 Å². The van der Waals surface area contributed by atoms with E-state index in [0.717, 1.165) is 23.3 Å². The summed E-state index contributed by atoms with van der Waals surface area (Å²) in [5.41, 5.74) is 1.88. The van der Waals surface area contributed by atoms with Crippen LogP contribution < -0.4 is 4.74 Å². The summed E-state index contributed by atoms with van der Waals surface area (Å²) in [6.45, 7) is 0.452. The van der Waals surface area contributed by atoms with E-state index in [0.29, 0.717) is 13.0 Å². The van der Waals surface area contributed by atoms with Crippen LogP contribution >= 0.6 is 0 Å². The largest absolute Gasteiger partial charge is 0.487 e. The number of carbonyl (C=O) groups excluding carboxylic acids is 1. The van der Waals surface area contributed by atoms with Crippen molar-refractivity contribution in [1.82, 2.24) is 4.98 Å². The van der Waals surface area contributed by atoms with E-state index in [1.54, 1.807) is 6.20 Å². The lowest BCUT2D eigenvalue weighted by Crippen LogP contribution is -1.97. The van der Waals surface area contributed by atoms with Crippen LogP contribution in [0.5, 0.6) is 5.75 Å². The third-order valence-electron chi connectivity index (χ3n) is 2.36. The molecule has 0 spiro atoms. The molecular weight excluding hydrogens is 214 g/mol. The first-order chi connectivity index (χ1) is 8.38. The van der Waals surface area contributed by atoms with Crippen LogP contribution in [0.15, 0.2) is 48.7 Å². The summed E-state index contributed by atoms with van der Waals surface area (Å²) in [6, 6.07) is 13.2. The monoisotopic (exact) mass is 227 g/mol. The average molecular weight is 227 g/mol. The highest BCUT2D eigenvalue weighted by molar-refractivity contribution is 5.55. The Morgan fingerprint density at radius 2 is 1.94 bits per heavy atom. The molecule has 86 valence electrons. The van der Waals surface area contributed by atoms with Gasteiger partial charge in [0.15, 0.2) is 0 Å². The van der Waals surface area contributed by atoms with Crippen LogP contribution in [-0.4, -0.2) is 11.3 Å². The summed E-state index contributed by atoms with van der Waals surface area (Å²) < 4.78 is 5.57. The minimum Gasteiger partial charge on any atom is -0.487 e. The molecule has 0 aliphatic heterocycles. The van der Waals surface area contributed by atoms with Crippen molar-refractivity contribution in [2.24, 2.45) is 0 Å².